The van der Waals surface area contributed by atoms with E-state index < -0.39 is 0 Å². The lowest BCUT2D eigenvalue weighted by atomic mass is 9.78. The lowest BCUT2D eigenvalue weighted by Gasteiger charge is -2.33. The molecule has 3 nitrogen and oxygen atoms in total. The van der Waals surface area contributed by atoms with E-state index in [2.05, 4.69) is 36.2 Å². The maximum atomic E-state index is 6.39. The van der Waals surface area contributed by atoms with Crippen molar-refractivity contribution in [3.05, 3.63) is 29.8 Å². The Balaban J connectivity index is 1.79. The fourth-order valence-corrected chi connectivity index (χ4v) is 3.93. The number of hydrogen-bond donors (Lipinski definition) is 1. The van der Waals surface area contributed by atoms with E-state index in [1.54, 1.807) is 0 Å². The third-order valence-corrected chi connectivity index (χ3v) is 5.37. The third kappa shape index (κ3) is 3.09. The zero-order valence-corrected chi connectivity index (χ0v) is 13.2. The molecule has 3 heteroatoms. The Kier molecular flexibility index (Phi) is 4.51. The number of piperidine rings is 1. The van der Waals surface area contributed by atoms with Gasteiger partial charge in [-0.1, -0.05) is 31.0 Å². The summed E-state index contributed by atoms with van der Waals surface area (Å²) in [5.41, 5.74) is 7.66. The van der Waals surface area contributed by atoms with Gasteiger partial charge in [-0.2, -0.15) is 0 Å². The predicted octanol–water partition coefficient (Wildman–Crippen LogP) is 2.93. The molecule has 1 saturated carbocycles. The van der Waals surface area contributed by atoms with Crippen molar-refractivity contribution in [2.45, 2.75) is 50.0 Å². The van der Waals surface area contributed by atoms with E-state index in [9.17, 15) is 0 Å². The van der Waals surface area contributed by atoms with Gasteiger partial charge in [-0.05, 0) is 38.8 Å². The molecule has 0 atom stereocenters. The van der Waals surface area contributed by atoms with Gasteiger partial charge in [0.1, 0.15) is 11.9 Å². The first-order chi connectivity index (χ1) is 10.2. The normalized spacial score (nSPS) is 23.3. The molecular weight excluding hydrogens is 260 g/mol. The second-order valence-corrected chi connectivity index (χ2v) is 6.81. The molecule has 0 unspecified atom stereocenters. The molecule has 1 heterocycles. The van der Waals surface area contributed by atoms with Gasteiger partial charge in [-0.3, -0.25) is 0 Å². The van der Waals surface area contributed by atoms with Gasteiger partial charge < -0.3 is 15.4 Å². The van der Waals surface area contributed by atoms with Gasteiger partial charge in [0, 0.05) is 30.6 Å². The maximum Gasteiger partial charge on any atom is 0.123 e. The lowest BCUT2D eigenvalue weighted by Crippen LogP contribution is -2.37. The smallest absolute Gasteiger partial charge is 0.123 e. The highest BCUT2D eigenvalue weighted by molar-refractivity contribution is 5.41. The first-order valence-corrected chi connectivity index (χ1v) is 8.38. The molecule has 1 aliphatic heterocycles. The van der Waals surface area contributed by atoms with Crippen LogP contribution in [0.5, 0.6) is 5.75 Å². The van der Waals surface area contributed by atoms with Gasteiger partial charge in [-0.15, -0.1) is 0 Å². The van der Waals surface area contributed by atoms with E-state index in [1.807, 2.05) is 0 Å². The minimum Gasteiger partial charge on any atom is -0.490 e. The summed E-state index contributed by atoms with van der Waals surface area (Å²) in [5.74, 6) is 1.08. The summed E-state index contributed by atoms with van der Waals surface area (Å²) in [5, 5.41) is 0. The summed E-state index contributed by atoms with van der Waals surface area (Å²) in [6, 6.07) is 8.60. The van der Waals surface area contributed by atoms with Crippen molar-refractivity contribution < 1.29 is 4.74 Å². The largest absolute Gasteiger partial charge is 0.490 e. The number of hydrogen-bond acceptors (Lipinski definition) is 3. The second kappa shape index (κ2) is 6.37. The topological polar surface area (TPSA) is 38.5 Å². The van der Waals surface area contributed by atoms with Crippen LogP contribution in [0.25, 0.3) is 0 Å². The van der Waals surface area contributed by atoms with Crippen LogP contribution in [-0.2, 0) is 5.41 Å². The van der Waals surface area contributed by atoms with Gasteiger partial charge in [0.25, 0.3) is 0 Å². The van der Waals surface area contributed by atoms with Crippen molar-refractivity contribution in [1.29, 1.82) is 0 Å². The van der Waals surface area contributed by atoms with Crippen LogP contribution in [-0.4, -0.2) is 37.7 Å². The molecule has 0 aromatic heterocycles. The van der Waals surface area contributed by atoms with Crippen molar-refractivity contribution in [1.82, 2.24) is 4.90 Å². The average molecular weight is 288 g/mol. The molecule has 21 heavy (non-hydrogen) atoms. The summed E-state index contributed by atoms with van der Waals surface area (Å²) in [7, 11) is 2.19. The highest BCUT2D eigenvalue weighted by Crippen LogP contribution is 2.44. The molecule has 2 N–H and O–H groups in total. The fraction of sp³-hybridized carbons (Fsp3) is 0.667. The quantitative estimate of drug-likeness (QED) is 0.926. The molecule has 1 saturated heterocycles. The Hall–Kier alpha value is -1.06. The molecule has 0 amide bonds. The Morgan fingerprint density at radius 2 is 1.86 bits per heavy atom. The third-order valence-electron chi connectivity index (χ3n) is 5.37. The monoisotopic (exact) mass is 288 g/mol. The zero-order chi connectivity index (χ0) is 14.7. The van der Waals surface area contributed by atoms with Gasteiger partial charge in [0.05, 0.1) is 0 Å². The van der Waals surface area contributed by atoms with Crippen LogP contribution in [0.15, 0.2) is 24.3 Å². The SMILES string of the molecule is CN1CCC(Oc2ccccc2C2(CN)CCCC2)CC1. The van der Waals surface area contributed by atoms with Crippen LogP contribution in [0, 0.1) is 0 Å². The van der Waals surface area contributed by atoms with E-state index in [0.717, 1.165) is 38.2 Å². The Morgan fingerprint density at radius 3 is 2.52 bits per heavy atom. The Bertz CT molecular complexity index is 460. The van der Waals surface area contributed by atoms with E-state index in [-0.39, 0.29) is 5.41 Å². The number of rotatable bonds is 4. The highest BCUT2D eigenvalue weighted by Gasteiger charge is 2.36. The zero-order valence-electron chi connectivity index (χ0n) is 13.2. The number of likely N-dealkylation sites (tertiary alicyclic amines) is 1. The van der Waals surface area contributed by atoms with Crippen molar-refractivity contribution >= 4 is 0 Å². The van der Waals surface area contributed by atoms with Gasteiger partial charge >= 0.3 is 0 Å². The predicted molar refractivity (Wildman–Crippen MR) is 86.8 cm³/mol. The highest BCUT2D eigenvalue weighted by atomic mass is 16.5. The van der Waals surface area contributed by atoms with Crippen molar-refractivity contribution in [3.63, 3.8) is 0 Å². The summed E-state index contributed by atoms with van der Waals surface area (Å²) in [6.45, 7) is 3.00. The van der Waals surface area contributed by atoms with E-state index in [4.69, 9.17) is 10.5 Å². The molecular formula is C18H28N2O. The van der Waals surface area contributed by atoms with E-state index >= 15 is 0 Å². The summed E-state index contributed by atoms with van der Waals surface area (Å²) < 4.78 is 6.39. The number of benzene rings is 1. The van der Waals surface area contributed by atoms with Crippen LogP contribution in [0.3, 0.4) is 0 Å². The average Bonchev–Trinajstić information content (AvgIpc) is 3.00. The van der Waals surface area contributed by atoms with Crippen LogP contribution < -0.4 is 10.5 Å². The van der Waals surface area contributed by atoms with Crippen molar-refractivity contribution in [2.24, 2.45) is 5.73 Å². The number of para-hydroxylation sites is 1. The van der Waals surface area contributed by atoms with Gasteiger partial charge in [-0.25, -0.2) is 0 Å². The summed E-state index contributed by atoms with van der Waals surface area (Å²) >= 11 is 0. The standard InChI is InChI=1S/C18H28N2O/c1-20-12-8-15(9-13-20)21-17-7-3-2-6-16(17)18(14-19)10-4-5-11-18/h2-3,6-7,15H,4-5,8-14,19H2,1H3. The Morgan fingerprint density at radius 1 is 1.19 bits per heavy atom. The minimum absolute atomic E-state index is 0.155. The molecule has 3 rings (SSSR count). The maximum absolute atomic E-state index is 6.39. The molecule has 0 radical (unpaired) electrons. The molecule has 0 spiro atoms. The molecule has 1 aromatic carbocycles. The first kappa shape index (κ1) is 14.9. The first-order valence-electron chi connectivity index (χ1n) is 8.38. The molecule has 0 bridgehead atoms. The summed E-state index contributed by atoms with van der Waals surface area (Å²) in [4.78, 5) is 2.38. The molecule has 2 fully saturated rings. The van der Waals surface area contributed by atoms with E-state index in [0.29, 0.717) is 6.10 Å². The molecule has 116 valence electrons. The van der Waals surface area contributed by atoms with Gasteiger partial charge in [0.2, 0.25) is 0 Å². The van der Waals surface area contributed by atoms with Crippen molar-refractivity contribution in [2.75, 3.05) is 26.7 Å². The second-order valence-electron chi connectivity index (χ2n) is 6.81. The minimum atomic E-state index is 0.155. The number of nitrogens with two attached hydrogens (primary N) is 1. The lowest BCUT2D eigenvalue weighted by molar-refractivity contribution is 0.112. The molecule has 1 aliphatic carbocycles. The van der Waals surface area contributed by atoms with Crippen LogP contribution in [0.1, 0.15) is 44.1 Å². The Labute approximate surface area is 128 Å². The molecule has 1 aromatic rings. The number of nitrogens with zero attached hydrogens (tertiary/aromatic N) is 1. The van der Waals surface area contributed by atoms with Crippen LogP contribution >= 0.6 is 0 Å². The van der Waals surface area contributed by atoms with E-state index in [1.165, 1.54) is 31.2 Å². The number of ether oxygens (including phenoxy) is 1. The van der Waals surface area contributed by atoms with Crippen molar-refractivity contribution in [3.8, 4) is 5.75 Å². The van der Waals surface area contributed by atoms with Crippen LogP contribution in [0.4, 0.5) is 0 Å². The van der Waals surface area contributed by atoms with Crippen LogP contribution in [0.2, 0.25) is 0 Å². The molecule has 2 aliphatic rings. The van der Waals surface area contributed by atoms with Gasteiger partial charge in [0.15, 0.2) is 0 Å². The summed E-state index contributed by atoms with van der Waals surface area (Å²) in [6.07, 6.45) is 7.60. The fourth-order valence-electron chi connectivity index (χ4n) is 3.93.